The summed E-state index contributed by atoms with van der Waals surface area (Å²) in [5, 5.41) is 4.76. The maximum atomic E-state index is 14.1. The smallest absolute Gasteiger partial charge is 0.340 e. The summed E-state index contributed by atoms with van der Waals surface area (Å²) in [6, 6.07) is 7.13. The van der Waals surface area contributed by atoms with Crippen LogP contribution in [0.3, 0.4) is 0 Å². The molecule has 0 aliphatic carbocycles. The van der Waals surface area contributed by atoms with Gasteiger partial charge in [0, 0.05) is 19.4 Å². The predicted molar refractivity (Wildman–Crippen MR) is 101 cm³/mol. The first-order valence-corrected chi connectivity index (χ1v) is 8.53. The first-order valence-electron chi connectivity index (χ1n) is 8.53. The highest BCUT2D eigenvalue weighted by Gasteiger charge is 2.23. The summed E-state index contributed by atoms with van der Waals surface area (Å²) < 4.78 is 37.4. The van der Waals surface area contributed by atoms with Crippen LogP contribution in [0.5, 0.6) is 5.75 Å². The van der Waals surface area contributed by atoms with Crippen LogP contribution in [0.25, 0.3) is 0 Å². The van der Waals surface area contributed by atoms with Gasteiger partial charge in [0.25, 0.3) is 0 Å². The molecule has 2 N–H and O–H groups in total. The molecular formula is C20H20F2N2O5. The fourth-order valence-electron chi connectivity index (χ4n) is 2.62. The van der Waals surface area contributed by atoms with E-state index in [-0.39, 0.29) is 6.42 Å². The minimum absolute atomic E-state index is 0.0925. The maximum Gasteiger partial charge on any atom is 0.340 e. The molecular weight excluding hydrogens is 386 g/mol. The zero-order chi connectivity index (χ0) is 21.6. The largest absolute Gasteiger partial charge is 0.497 e. The summed E-state index contributed by atoms with van der Waals surface area (Å²) in [4.78, 5) is 35.8. The molecule has 0 bridgehead atoms. The average Bonchev–Trinajstić information content (AvgIpc) is 2.68. The topological polar surface area (TPSA) is 93.7 Å². The number of carbonyl (C=O) groups excluding carboxylic acids is 3. The molecule has 0 aliphatic rings. The molecule has 0 spiro atoms. The molecule has 0 radical (unpaired) electrons. The monoisotopic (exact) mass is 406 g/mol. The Morgan fingerprint density at radius 3 is 2.41 bits per heavy atom. The second-order valence-corrected chi connectivity index (χ2v) is 6.10. The summed E-state index contributed by atoms with van der Waals surface area (Å²) in [5.74, 6) is -3.87. The van der Waals surface area contributed by atoms with Gasteiger partial charge in [-0.2, -0.15) is 0 Å². The average molecular weight is 406 g/mol. The molecule has 154 valence electrons. The molecule has 0 fully saturated rings. The van der Waals surface area contributed by atoms with E-state index in [2.05, 4.69) is 15.4 Å². The van der Waals surface area contributed by atoms with Crippen LogP contribution < -0.4 is 15.4 Å². The molecule has 0 aliphatic heterocycles. The molecule has 2 amide bonds. The van der Waals surface area contributed by atoms with Crippen molar-refractivity contribution in [1.82, 2.24) is 5.32 Å². The number of ether oxygens (including phenoxy) is 2. The van der Waals surface area contributed by atoms with Gasteiger partial charge in [-0.05, 0) is 23.8 Å². The van der Waals surface area contributed by atoms with Gasteiger partial charge in [0.05, 0.1) is 25.5 Å². The van der Waals surface area contributed by atoms with Gasteiger partial charge in [-0.25, -0.2) is 13.6 Å². The number of methoxy groups -OCH3 is 2. The van der Waals surface area contributed by atoms with Gasteiger partial charge in [0.15, 0.2) is 0 Å². The summed E-state index contributed by atoms with van der Waals surface area (Å²) in [6.07, 6.45) is 0.0925. The molecule has 29 heavy (non-hydrogen) atoms. The Bertz CT molecular complexity index is 933. The molecule has 2 rings (SSSR count). The third-order valence-corrected chi connectivity index (χ3v) is 3.99. The van der Waals surface area contributed by atoms with Gasteiger partial charge >= 0.3 is 5.97 Å². The van der Waals surface area contributed by atoms with E-state index in [1.54, 1.807) is 24.3 Å². The molecule has 2 aromatic carbocycles. The highest BCUT2D eigenvalue weighted by molar-refractivity contribution is 5.98. The Balaban J connectivity index is 2.28. The Morgan fingerprint density at radius 2 is 1.79 bits per heavy atom. The third kappa shape index (κ3) is 5.74. The second kappa shape index (κ2) is 9.63. The Hall–Kier alpha value is -3.49. The number of amides is 2. The van der Waals surface area contributed by atoms with Crippen LogP contribution in [0.1, 0.15) is 22.8 Å². The van der Waals surface area contributed by atoms with E-state index in [1.165, 1.54) is 14.0 Å². The first kappa shape index (κ1) is 21.8. The van der Waals surface area contributed by atoms with Crippen molar-refractivity contribution in [2.75, 3.05) is 19.5 Å². The van der Waals surface area contributed by atoms with Crippen LogP contribution in [0.2, 0.25) is 0 Å². The van der Waals surface area contributed by atoms with E-state index >= 15 is 0 Å². The van der Waals surface area contributed by atoms with Crippen molar-refractivity contribution in [3.05, 3.63) is 59.2 Å². The van der Waals surface area contributed by atoms with Crippen molar-refractivity contribution < 1.29 is 32.6 Å². The van der Waals surface area contributed by atoms with E-state index in [0.29, 0.717) is 17.4 Å². The maximum absolute atomic E-state index is 14.1. The molecule has 7 nitrogen and oxygen atoms in total. The van der Waals surface area contributed by atoms with Gasteiger partial charge in [-0.15, -0.1) is 0 Å². The zero-order valence-electron chi connectivity index (χ0n) is 16.0. The molecule has 2 aromatic rings. The van der Waals surface area contributed by atoms with E-state index in [9.17, 15) is 23.2 Å². The highest BCUT2D eigenvalue weighted by atomic mass is 19.1. The Labute approximate surface area is 166 Å². The van der Waals surface area contributed by atoms with Crippen LogP contribution in [-0.2, 0) is 20.7 Å². The number of anilines is 1. The number of benzene rings is 2. The number of hydrogen-bond acceptors (Lipinski definition) is 5. The van der Waals surface area contributed by atoms with Crippen LogP contribution >= 0.6 is 0 Å². The summed E-state index contributed by atoms with van der Waals surface area (Å²) >= 11 is 0. The number of nitrogens with one attached hydrogen (secondary N) is 2. The predicted octanol–water partition coefficient (Wildman–Crippen LogP) is 2.45. The summed E-state index contributed by atoms with van der Waals surface area (Å²) in [5.41, 5.74) is -0.265. The summed E-state index contributed by atoms with van der Waals surface area (Å²) in [7, 11) is 2.54. The number of hydrogen-bond donors (Lipinski definition) is 2. The lowest BCUT2D eigenvalue weighted by atomic mass is 10.0. The molecule has 9 heteroatoms. The second-order valence-electron chi connectivity index (χ2n) is 6.10. The lowest BCUT2D eigenvalue weighted by Gasteiger charge is -2.18. The number of carbonyl (C=O) groups is 3. The van der Waals surface area contributed by atoms with Crippen molar-refractivity contribution >= 4 is 23.5 Å². The number of halogens is 2. The molecule has 0 heterocycles. The molecule has 0 saturated heterocycles. The highest BCUT2D eigenvalue weighted by Crippen LogP contribution is 2.21. The van der Waals surface area contributed by atoms with Crippen LogP contribution in [0.4, 0.5) is 14.5 Å². The van der Waals surface area contributed by atoms with Gasteiger partial charge in [-0.1, -0.05) is 12.1 Å². The molecule has 0 unspecified atom stereocenters. The summed E-state index contributed by atoms with van der Waals surface area (Å²) in [6.45, 7) is 1.24. The molecule has 1 atom stereocenters. The molecule has 0 aromatic heterocycles. The lowest BCUT2D eigenvalue weighted by Crippen LogP contribution is -2.44. The third-order valence-electron chi connectivity index (χ3n) is 3.99. The van der Waals surface area contributed by atoms with E-state index in [0.717, 1.165) is 13.2 Å². The number of rotatable bonds is 7. The standard InChI is InChI=1S/C20H20F2N2O5/c1-11(25)23-18(8-12-5-4-6-13(7-12)28-2)19(26)24-17-9-14(20(27)29-3)15(21)10-16(17)22/h4-7,9-10,18H,8H2,1-3H3,(H,23,25)(H,24,26)/t18-/m1/s1. The van der Waals surface area contributed by atoms with E-state index < -0.39 is 46.7 Å². The number of esters is 1. The quantitative estimate of drug-likeness (QED) is 0.689. The Kier molecular flexibility index (Phi) is 7.24. The minimum atomic E-state index is -1.12. The van der Waals surface area contributed by atoms with Crippen molar-refractivity contribution in [2.24, 2.45) is 0 Å². The molecule has 0 saturated carbocycles. The normalized spacial score (nSPS) is 11.3. The van der Waals surface area contributed by atoms with Gasteiger partial charge in [0.2, 0.25) is 11.8 Å². The van der Waals surface area contributed by atoms with E-state index in [1.807, 2.05) is 0 Å². The fourth-order valence-corrected chi connectivity index (χ4v) is 2.62. The van der Waals surface area contributed by atoms with Gasteiger partial charge in [-0.3, -0.25) is 9.59 Å². The van der Waals surface area contributed by atoms with Crippen LogP contribution in [-0.4, -0.2) is 38.0 Å². The van der Waals surface area contributed by atoms with Crippen molar-refractivity contribution in [2.45, 2.75) is 19.4 Å². The zero-order valence-corrected chi connectivity index (χ0v) is 16.0. The van der Waals surface area contributed by atoms with E-state index in [4.69, 9.17) is 4.74 Å². The SMILES string of the molecule is COC(=O)c1cc(NC(=O)[C@@H](Cc2cccc(OC)c2)NC(C)=O)c(F)cc1F. The van der Waals surface area contributed by atoms with Gasteiger partial charge in [0.1, 0.15) is 23.4 Å². The van der Waals surface area contributed by atoms with Gasteiger partial charge < -0.3 is 20.1 Å². The lowest BCUT2D eigenvalue weighted by molar-refractivity contribution is -0.125. The van der Waals surface area contributed by atoms with Crippen LogP contribution in [0.15, 0.2) is 36.4 Å². The van der Waals surface area contributed by atoms with Crippen LogP contribution in [0, 0.1) is 11.6 Å². The van der Waals surface area contributed by atoms with Crippen molar-refractivity contribution in [3.8, 4) is 5.75 Å². The van der Waals surface area contributed by atoms with Crippen molar-refractivity contribution in [1.29, 1.82) is 0 Å². The Morgan fingerprint density at radius 1 is 1.07 bits per heavy atom. The fraction of sp³-hybridized carbons (Fsp3) is 0.250. The minimum Gasteiger partial charge on any atom is -0.497 e. The van der Waals surface area contributed by atoms with Crippen molar-refractivity contribution in [3.63, 3.8) is 0 Å². The first-order chi connectivity index (χ1) is 13.7.